The van der Waals surface area contributed by atoms with Gasteiger partial charge in [-0.05, 0) is 50.7 Å². The van der Waals surface area contributed by atoms with Gasteiger partial charge in [-0.2, -0.15) is 5.26 Å². The number of aromatic nitrogens is 4. The van der Waals surface area contributed by atoms with E-state index >= 15 is 0 Å². The van der Waals surface area contributed by atoms with Gasteiger partial charge >= 0.3 is 0 Å². The average molecular weight is 453 g/mol. The molecule has 1 unspecified atom stereocenters. The molecule has 34 heavy (non-hydrogen) atoms. The van der Waals surface area contributed by atoms with Gasteiger partial charge < -0.3 is 11.1 Å². The molecule has 1 aliphatic heterocycles. The zero-order chi connectivity index (χ0) is 23.7. The molecule has 1 aromatic carbocycles. The molecule has 1 atom stereocenters. The Morgan fingerprint density at radius 3 is 2.76 bits per heavy atom. The molecular formula is C25H24N8O. The summed E-state index contributed by atoms with van der Waals surface area (Å²) in [6.45, 7) is 1.03. The van der Waals surface area contributed by atoms with Crippen molar-refractivity contribution in [1.82, 2.24) is 24.3 Å². The van der Waals surface area contributed by atoms with E-state index in [-0.39, 0.29) is 11.9 Å². The summed E-state index contributed by atoms with van der Waals surface area (Å²) in [6.07, 6.45) is 8.48. The van der Waals surface area contributed by atoms with Crippen LogP contribution in [0.5, 0.6) is 0 Å². The number of rotatable bonds is 4. The van der Waals surface area contributed by atoms with Crippen LogP contribution in [0.3, 0.4) is 0 Å². The van der Waals surface area contributed by atoms with E-state index in [4.69, 9.17) is 16.0 Å². The van der Waals surface area contributed by atoms with Gasteiger partial charge in [0.25, 0.3) is 5.91 Å². The highest BCUT2D eigenvalue weighted by atomic mass is 16.1. The van der Waals surface area contributed by atoms with Gasteiger partial charge in [-0.3, -0.25) is 14.1 Å². The lowest BCUT2D eigenvalue weighted by Crippen LogP contribution is -2.30. The van der Waals surface area contributed by atoms with Crippen molar-refractivity contribution in [3.63, 3.8) is 0 Å². The predicted molar refractivity (Wildman–Crippen MR) is 129 cm³/mol. The minimum absolute atomic E-state index is 0.207. The maximum absolute atomic E-state index is 12.7. The lowest BCUT2D eigenvalue weighted by atomic mass is 10.0. The van der Waals surface area contributed by atoms with Crippen molar-refractivity contribution in [1.29, 1.82) is 5.26 Å². The molecule has 5 rings (SSSR count). The highest BCUT2D eigenvalue weighted by Crippen LogP contribution is 2.35. The van der Waals surface area contributed by atoms with Crippen LogP contribution in [0.4, 0.5) is 11.6 Å². The summed E-state index contributed by atoms with van der Waals surface area (Å²) < 4.78 is 2.04. The molecule has 3 N–H and O–H groups in total. The van der Waals surface area contributed by atoms with E-state index < -0.39 is 0 Å². The molecule has 9 heteroatoms. The Labute approximate surface area is 196 Å². The number of hydrogen-bond acceptors (Lipinski definition) is 7. The normalized spacial score (nSPS) is 16.3. The number of anilines is 2. The number of nitrogens with two attached hydrogens (primary N) is 1. The molecule has 4 heterocycles. The number of carbonyl (C=O) groups is 1. The summed E-state index contributed by atoms with van der Waals surface area (Å²) in [5.74, 6) is 1.38. The number of fused-ring (bicyclic) bond motifs is 1. The summed E-state index contributed by atoms with van der Waals surface area (Å²) in [7, 11) is 2.13. The lowest BCUT2D eigenvalue weighted by molar-refractivity contribution is 0.102. The van der Waals surface area contributed by atoms with Crippen LogP contribution >= 0.6 is 0 Å². The summed E-state index contributed by atoms with van der Waals surface area (Å²) in [5.41, 5.74) is 9.54. The molecule has 9 nitrogen and oxygen atoms in total. The molecule has 1 aliphatic rings. The first kappa shape index (κ1) is 21.6. The third kappa shape index (κ3) is 3.95. The van der Waals surface area contributed by atoms with E-state index in [0.717, 1.165) is 42.0 Å². The fourth-order valence-corrected chi connectivity index (χ4v) is 4.46. The van der Waals surface area contributed by atoms with Crippen molar-refractivity contribution >= 4 is 23.1 Å². The molecule has 0 bridgehead atoms. The standard InChI is InChI=1S/C25H24N8O/c1-32-12-3-2-4-19(32)24-31-21(22-23(27)29-11-13-33(22)24)17-5-7-18(8-6-17)25(34)30-20-14-16(15-26)9-10-28-20/h5-11,13-14,19H,2-4,12H2,1H3,(H2,27,29)(H,28,30,34). The van der Waals surface area contributed by atoms with Gasteiger partial charge in [-0.25, -0.2) is 15.0 Å². The Bertz CT molecular complexity index is 1400. The number of nitriles is 1. The minimum atomic E-state index is -0.311. The van der Waals surface area contributed by atoms with Crippen LogP contribution in [0.1, 0.15) is 47.1 Å². The molecule has 0 spiro atoms. The van der Waals surface area contributed by atoms with E-state index in [0.29, 0.717) is 22.8 Å². The Morgan fingerprint density at radius 2 is 2.00 bits per heavy atom. The Balaban J connectivity index is 1.47. The number of nitrogens with zero attached hydrogens (tertiary/aromatic N) is 6. The number of benzene rings is 1. The summed E-state index contributed by atoms with van der Waals surface area (Å²) >= 11 is 0. The third-order valence-corrected chi connectivity index (χ3v) is 6.23. The highest BCUT2D eigenvalue weighted by Gasteiger charge is 2.27. The molecule has 1 amide bonds. The van der Waals surface area contributed by atoms with Gasteiger partial charge in [0.2, 0.25) is 0 Å². The average Bonchev–Trinajstić information content (AvgIpc) is 3.25. The predicted octanol–water partition coefficient (Wildman–Crippen LogP) is 3.65. The van der Waals surface area contributed by atoms with Gasteiger partial charge in [-0.1, -0.05) is 18.6 Å². The van der Waals surface area contributed by atoms with Gasteiger partial charge in [0.15, 0.2) is 0 Å². The third-order valence-electron chi connectivity index (χ3n) is 6.23. The number of nitrogen functional groups attached to an aromatic ring is 1. The molecular weight excluding hydrogens is 428 g/mol. The van der Waals surface area contributed by atoms with Crippen LogP contribution in [0.15, 0.2) is 55.0 Å². The van der Waals surface area contributed by atoms with E-state index in [1.807, 2.05) is 28.8 Å². The first-order valence-corrected chi connectivity index (χ1v) is 11.2. The molecule has 4 aromatic rings. The number of nitrogens with one attached hydrogen (secondary N) is 1. The second-order valence-corrected chi connectivity index (χ2v) is 8.41. The monoisotopic (exact) mass is 452 g/mol. The maximum atomic E-state index is 12.7. The summed E-state index contributed by atoms with van der Waals surface area (Å²) in [5, 5.41) is 11.8. The summed E-state index contributed by atoms with van der Waals surface area (Å²) in [6, 6.07) is 12.6. The number of carbonyl (C=O) groups excluding carboxylic acids is 1. The van der Waals surface area contributed by atoms with Crippen LogP contribution in [0.2, 0.25) is 0 Å². The number of likely N-dealkylation sites (tertiary alicyclic amines) is 1. The van der Waals surface area contributed by atoms with E-state index in [9.17, 15) is 4.79 Å². The van der Waals surface area contributed by atoms with Crippen molar-refractivity contribution in [2.45, 2.75) is 25.3 Å². The van der Waals surface area contributed by atoms with Crippen LogP contribution in [0.25, 0.3) is 16.8 Å². The number of amides is 1. The Kier molecular flexibility index (Phi) is 5.65. The first-order valence-electron chi connectivity index (χ1n) is 11.2. The zero-order valence-electron chi connectivity index (χ0n) is 18.8. The van der Waals surface area contributed by atoms with Crippen molar-refractivity contribution in [2.24, 2.45) is 0 Å². The molecule has 1 fully saturated rings. The highest BCUT2D eigenvalue weighted by molar-refractivity contribution is 6.04. The van der Waals surface area contributed by atoms with E-state index in [1.165, 1.54) is 18.7 Å². The molecule has 1 saturated heterocycles. The SMILES string of the molecule is CN1CCCCC1c1nc(-c2ccc(C(=O)Nc3cc(C#N)ccn3)cc2)c2c(N)nccn12. The fraction of sp³-hybridized carbons (Fsp3) is 0.240. The lowest BCUT2D eigenvalue weighted by Gasteiger charge is -2.31. The number of hydrogen-bond donors (Lipinski definition) is 2. The first-order chi connectivity index (χ1) is 16.5. The number of piperidine rings is 1. The minimum Gasteiger partial charge on any atom is -0.382 e. The maximum Gasteiger partial charge on any atom is 0.256 e. The topological polar surface area (TPSA) is 125 Å². The molecule has 3 aromatic heterocycles. The van der Waals surface area contributed by atoms with Crippen molar-refractivity contribution in [2.75, 3.05) is 24.6 Å². The second kappa shape index (κ2) is 8.92. The largest absolute Gasteiger partial charge is 0.382 e. The van der Waals surface area contributed by atoms with Crippen LogP contribution < -0.4 is 11.1 Å². The van der Waals surface area contributed by atoms with Crippen molar-refractivity contribution in [3.8, 4) is 17.3 Å². The second-order valence-electron chi connectivity index (χ2n) is 8.41. The van der Waals surface area contributed by atoms with Gasteiger partial charge in [0.05, 0.1) is 17.7 Å². The molecule has 0 saturated carbocycles. The van der Waals surface area contributed by atoms with Crippen molar-refractivity contribution in [3.05, 3.63) is 71.9 Å². The van der Waals surface area contributed by atoms with Crippen LogP contribution in [-0.2, 0) is 0 Å². The van der Waals surface area contributed by atoms with Gasteiger partial charge in [-0.15, -0.1) is 0 Å². The smallest absolute Gasteiger partial charge is 0.256 e. The van der Waals surface area contributed by atoms with Gasteiger partial charge in [0, 0.05) is 29.7 Å². The Morgan fingerprint density at radius 1 is 1.18 bits per heavy atom. The molecule has 0 aliphatic carbocycles. The number of pyridine rings is 1. The van der Waals surface area contributed by atoms with E-state index in [2.05, 4.69) is 27.2 Å². The summed E-state index contributed by atoms with van der Waals surface area (Å²) in [4.78, 5) is 28.4. The van der Waals surface area contributed by atoms with Crippen molar-refractivity contribution < 1.29 is 4.79 Å². The van der Waals surface area contributed by atoms with Gasteiger partial charge in [0.1, 0.15) is 28.7 Å². The molecule has 170 valence electrons. The van der Waals surface area contributed by atoms with Crippen LogP contribution in [0, 0.1) is 11.3 Å². The Hall–Kier alpha value is -4.29. The zero-order valence-corrected chi connectivity index (χ0v) is 18.8. The number of imidazole rings is 1. The van der Waals surface area contributed by atoms with Crippen LogP contribution in [-0.4, -0.2) is 43.8 Å². The fourth-order valence-electron chi connectivity index (χ4n) is 4.46. The quantitative estimate of drug-likeness (QED) is 0.484. The molecule has 0 radical (unpaired) electrons. The van der Waals surface area contributed by atoms with E-state index in [1.54, 1.807) is 24.4 Å².